The third-order valence-corrected chi connectivity index (χ3v) is 11.7. The molecule has 4 heterocycles. The van der Waals surface area contributed by atoms with Gasteiger partial charge < -0.3 is 29.5 Å². The quantitative estimate of drug-likeness (QED) is 0.597. The predicted octanol–water partition coefficient (Wildman–Crippen LogP) is 2.43. The summed E-state index contributed by atoms with van der Waals surface area (Å²) >= 11 is 0. The molecule has 8 nitrogen and oxygen atoms in total. The fourth-order valence-corrected chi connectivity index (χ4v) is 9.80. The van der Waals surface area contributed by atoms with Crippen LogP contribution < -0.4 is 4.74 Å². The molecule has 0 unspecified atom stereocenters. The molecule has 2 bridgehead atoms. The van der Waals surface area contributed by atoms with Gasteiger partial charge in [0.2, 0.25) is 5.91 Å². The molecule has 5 fully saturated rings. The number of ether oxygens (including phenoxy) is 2. The van der Waals surface area contributed by atoms with Crippen molar-refractivity contribution >= 4 is 5.91 Å². The minimum atomic E-state index is -0.911. The topological polar surface area (TPSA) is 85.7 Å². The van der Waals surface area contributed by atoms with E-state index in [1.807, 2.05) is 0 Å². The Morgan fingerprint density at radius 2 is 1.92 bits per heavy atom. The molecule has 3 saturated heterocycles. The maximum atomic E-state index is 14.0. The van der Waals surface area contributed by atoms with E-state index >= 15 is 0 Å². The van der Waals surface area contributed by atoms with Gasteiger partial charge in [-0.2, -0.15) is 0 Å². The molecule has 2 saturated carbocycles. The van der Waals surface area contributed by atoms with E-state index in [9.17, 15) is 15.0 Å². The molecule has 8 heteroatoms. The lowest BCUT2D eigenvalue weighted by atomic mass is 9.45. The summed E-state index contributed by atoms with van der Waals surface area (Å²) in [6.45, 7) is 6.94. The van der Waals surface area contributed by atoms with Gasteiger partial charge in [-0.3, -0.25) is 9.69 Å². The average molecular weight is 538 g/mol. The van der Waals surface area contributed by atoms with Crippen molar-refractivity contribution in [1.29, 1.82) is 0 Å². The van der Waals surface area contributed by atoms with Crippen LogP contribution in [0.1, 0.15) is 68.9 Å². The van der Waals surface area contributed by atoms with E-state index in [1.165, 1.54) is 18.4 Å². The molecular weight excluding hydrogens is 494 g/mol. The highest BCUT2D eigenvalue weighted by atomic mass is 16.5. The zero-order valence-corrected chi connectivity index (χ0v) is 23.1. The molecule has 3 aliphatic carbocycles. The third kappa shape index (κ3) is 3.41. The van der Waals surface area contributed by atoms with Crippen molar-refractivity contribution in [3.8, 4) is 11.5 Å². The normalized spacial score (nSPS) is 39.5. The van der Waals surface area contributed by atoms with E-state index in [0.29, 0.717) is 18.6 Å². The molecule has 2 spiro atoms. The van der Waals surface area contributed by atoms with Crippen LogP contribution in [0.3, 0.4) is 0 Å². The van der Waals surface area contributed by atoms with Gasteiger partial charge in [0.1, 0.15) is 6.10 Å². The van der Waals surface area contributed by atoms with E-state index in [-0.39, 0.29) is 23.8 Å². The van der Waals surface area contributed by atoms with Gasteiger partial charge >= 0.3 is 0 Å². The van der Waals surface area contributed by atoms with Crippen molar-refractivity contribution in [2.75, 3.05) is 52.5 Å². The van der Waals surface area contributed by atoms with E-state index in [1.54, 1.807) is 6.07 Å². The van der Waals surface area contributed by atoms with Crippen molar-refractivity contribution in [3.63, 3.8) is 0 Å². The number of phenolic OH excluding ortho intramolecular Hbond substituents is 1. The number of aromatic hydroxyl groups is 1. The van der Waals surface area contributed by atoms with Crippen LogP contribution in [0.5, 0.6) is 11.5 Å². The predicted molar refractivity (Wildman–Crippen MR) is 145 cm³/mol. The van der Waals surface area contributed by atoms with E-state index in [0.717, 1.165) is 102 Å². The second kappa shape index (κ2) is 8.81. The second-order valence-electron chi connectivity index (χ2n) is 13.6. The first-order valence-corrected chi connectivity index (χ1v) is 15.6. The molecule has 8 rings (SSSR count). The zero-order chi connectivity index (χ0) is 26.4. The summed E-state index contributed by atoms with van der Waals surface area (Å²) in [6, 6.07) is 3.91. The molecule has 39 heavy (non-hydrogen) atoms. The number of fused-ring (bicyclic) bond motifs is 1. The van der Waals surface area contributed by atoms with Gasteiger partial charge in [-0.15, -0.1) is 0 Å². The number of piperidine rings is 1. The van der Waals surface area contributed by atoms with E-state index < -0.39 is 16.6 Å². The third-order valence-electron chi connectivity index (χ3n) is 11.7. The number of carbonyl (C=O) groups is 1. The smallest absolute Gasteiger partial charge is 0.224 e. The van der Waals surface area contributed by atoms with Gasteiger partial charge in [0.15, 0.2) is 11.5 Å². The molecule has 5 atom stereocenters. The average Bonchev–Trinajstić information content (AvgIpc) is 3.61. The summed E-state index contributed by atoms with van der Waals surface area (Å²) in [6.07, 6.45) is 8.73. The van der Waals surface area contributed by atoms with Gasteiger partial charge in [0.25, 0.3) is 0 Å². The van der Waals surface area contributed by atoms with Gasteiger partial charge in [-0.25, -0.2) is 0 Å². The molecule has 2 N–H and O–H groups in total. The molecular formula is C31H43N3O5. The monoisotopic (exact) mass is 537 g/mol. The number of rotatable bonds is 5. The van der Waals surface area contributed by atoms with Crippen LogP contribution in [-0.4, -0.2) is 107 Å². The maximum Gasteiger partial charge on any atom is 0.224 e. The molecule has 212 valence electrons. The minimum Gasteiger partial charge on any atom is -0.504 e. The second-order valence-corrected chi connectivity index (χ2v) is 13.6. The van der Waals surface area contributed by atoms with Gasteiger partial charge in [0, 0.05) is 57.4 Å². The molecule has 1 amide bonds. The van der Waals surface area contributed by atoms with Crippen LogP contribution in [0.25, 0.3) is 0 Å². The highest BCUT2D eigenvalue weighted by Gasteiger charge is 2.77. The number of likely N-dealkylation sites (tertiary alicyclic amines) is 2. The van der Waals surface area contributed by atoms with Crippen molar-refractivity contribution in [3.05, 3.63) is 23.3 Å². The summed E-state index contributed by atoms with van der Waals surface area (Å²) in [5.74, 6) is 1.73. The molecule has 1 aromatic rings. The summed E-state index contributed by atoms with van der Waals surface area (Å²) in [4.78, 5) is 21.1. The highest BCUT2D eigenvalue weighted by Crippen LogP contribution is 2.69. The fraction of sp³-hybridized carbons (Fsp3) is 0.774. The van der Waals surface area contributed by atoms with Gasteiger partial charge in [-0.05, 0) is 81.9 Å². The number of hydrogen-bond donors (Lipinski definition) is 2. The summed E-state index contributed by atoms with van der Waals surface area (Å²) in [7, 11) is 0. The Hall–Kier alpha value is -1.87. The standard InChI is InChI=1S/C31H43N3O5/c35-23-6-5-22-19-24-31(37)10-9-29(8-1-13-34(29)25(36)7-14-32-12-2-17-38-18-16-32)28-30(31,26(22)27(23)39-28)11-15-33(24)20-21-3-4-21/h5-6,21,24,28,35,37H,1-4,7-20H2/t24-,28+,29-,30+,31-/m1/s1. The Kier molecular flexibility index (Phi) is 5.62. The van der Waals surface area contributed by atoms with E-state index in [2.05, 4.69) is 20.8 Å². The summed E-state index contributed by atoms with van der Waals surface area (Å²) < 4.78 is 12.5. The van der Waals surface area contributed by atoms with Crippen LogP contribution in [-0.2, 0) is 21.4 Å². The number of amides is 1. The van der Waals surface area contributed by atoms with Gasteiger partial charge in [0.05, 0.1) is 23.2 Å². The number of benzene rings is 1. The first kappa shape index (κ1) is 24.9. The Labute approximate surface area is 231 Å². The lowest BCUT2D eigenvalue weighted by Crippen LogP contribution is -2.80. The zero-order valence-electron chi connectivity index (χ0n) is 23.1. The molecule has 0 aromatic heterocycles. The maximum absolute atomic E-state index is 14.0. The highest BCUT2D eigenvalue weighted by molar-refractivity contribution is 5.78. The first-order chi connectivity index (χ1) is 19.0. The summed E-state index contributed by atoms with van der Waals surface area (Å²) in [5, 5.41) is 23.9. The SMILES string of the molecule is O=C(CCN1CCCOCC1)N1CCC[C@]12CC[C@@]1(O)[C@H]3Cc4ccc(O)c5c4[C@@]1(CCN3CC1CC1)[C@H]2O5. The van der Waals surface area contributed by atoms with Crippen molar-refractivity contribution in [1.82, 2.24) is 14.7 Å². The van der Waals surface area contributed by atoms with Crippen LogP contribution >= 0.6 is 0 Å². The van der Waals surface area contributed by atoms with Gasteiger partial charge in [-0.1, -0.05) is 6.07 Å². The van der Waals surface area contributed by atoms with Crippen molar-refractivity contribution in [2.45, 2.75) is 92.9 Å². The minimum absolute atomic E-state index is 0.0640. The van der Waals surface area contributed by atoms with E-state index in [4.69, 9.17) is 9.47 Å². The first-order valence-electron chi connectivity index (χ1n) is 15.6. The Bertz CT molecular complexity index is 1170. The number of carbonyl (C=O) groups excluding carboxylic acids is 1. The Morgan fingerprint density at radius 3 is 2.79 bits per heavy atom. The molecule has 7 aliphatic rings. The largest absolute Gasteiger partial charge is 0.504 e. The fourth-order valence-electron chi connectivity index (χ4n) is 9.80. The number of nitrogens with zero attached hydrogens (tertiary/aromatic N) is 3. The molecule has 1 aromatic carbocycles. The lowest BCUT2D eigenvalue weighted by Gasteiger charge is -2.67. The Morgan fingerprint density at radius 1 is 1.03 bits per heavy atom. The van der Waals surface area contributed by atoms with Crippen LogP contribution in [0.2, 0.25) is 0 Å². The number of aliphatic hydroxyl groups is 1. The van der Waals surface area contributed by atoms with Crippen LogP contribution in [0.15, 0.2) is 12.1 Å². The molecule has 0 radical (unpaired) electrons. The lowest BCUT2D eigenvalue weighted by molar-refractivity contribution is -0.217. The number of phenols is 1. The van der Waals surface area contributed by atoms with Crippen molar-refractivity contribution < 1.29 is 24.5 Å². The molecule has 4 aliphatic heterocycles. The summed E-state index contributed by atoms with van der Waals surface area (Å²) in [5.41, 5.74) is 0.347. The number of hydrogen-bond acceptors (Lipinski definition) is 7. The van der Waals surface area contributed by atoms with Crippen LogP contribution in [0, 0.1) is 5.92 Å². The van der Waals surface area contributed by atoms with Crippen LogP contribution in [0.4, 0.5) is 0 Å². The Balaban J connectivity index is 1.15. The van der Waals surface area contributed by atoms with Crippen molar-refractivity contribution in [2.24, 2.45) is 5.92 Å².